The number of nitro groups is 1. The van der Waals surface area contributed by atoms with Crippen LogP contribution in [0.15, 0.2) is 18.2 Å². The summed E-state index contributed by atoms with van der Waals surface area (Å²) in [4.78, 5) is 10.3. The van der Waals surface area contributed by atoms with E-state index in [0.717, 1.165) is 31.9 Å². The van der Waals surface area contributed by atoms with Gasteiger partial charge in [-0.05, 0) is 31.4 Å². The van der Waals surface area contributed by atoms with Crippen LogP contribution in [0.25, 0.3) is 0 Å². The average molecular weight is 268 g/mol. The molecule has 1 N–H and O–H groups in total. The topological polar surface area (TPSA) is 64.4 Å². The largest absolute Gasteiger partial charge is 0.377 e. The van der Waals surface area contributed by atoms with Crippen molar-refractivity contribution in [2.75, 3.05) is 13.2 Å². The molecular formula is C13H17FN2O3. The fourth-order valence-corrected chi connectivity index (χ4v) is 2.21. The minimum Gasteiger partial charge on any atom is -0.377 e. The molecule has 1 heterocycles. The number of ether oxygens (including phenoxy) is 1. The van der Waals surface area contributed by atoms with E-state index in [0.29, 0.717) is 12.1 Å². The van der Waals surface area contributed by atoms with Crippen LogP contribution in [0, 0.1) is 15.9 Å². The lowest BCUT2D eigenvalue weighted by molar-refractivity contribution is -0.385. The molecule has 0 aliphatic carbocycles. The third kappa shape index (κ3) is 3.97. The van der Waals surface area contributed by atoms with E-state index in [1.807, 2.05) is 0 Å². The zero-order valence-corrected chi connectivity index (χ0v) is 10.6. The Labute approximate surface area is 110 Å². The summed E-state index contributed by atoms with van der Waals surface area (Å²) in [7, 11) is 0. The molecule has 1 saturated heterocycles. The Kier molecular flexibility index (Phi) is 4.81. The van der Waals surface area contributed by atoms with Crippen molar-refractivity contribution in [1.82, 2.24) is 5.32 Å². The molecule has 1 aliphatic heterocycles. The molecule has 0 saturated carbocycles. The summed E-state index contributed by atoms with van der Waals surface area (Å²) >= 11 is 0. The quantitative estimate of drug-likeness (QED) is 0.658. The maximum Gasteiger partial charge on any atom is 0.274 e. The molecule has 1 aliphatic rings. The van der Waals surface area contributed by atoms with E-state index < -0.39 is 10.7 Å². The van der Waals surface area contributed by atoms with Gasteiger partial charge in [-0.15, -0.1) is 0 Å². The molecule has 2 rings (SSSR count). The molecule has 5 nitrogen and oxygen atoms in total. The third-order valence-electron chi connectivity index (χ3n) is 3.20. The number of nitro benzene ring substituents is 1. The SMILES string of the molecule is O=[N+]([O-])c1ccc(F)cc1CNCC1CCCCO1. The van der Waals surface area contributed by atoms with Crippen molar-refractivity contribution >= 4 is 5.69 Å². The second kappa shape index (κ2) is 6.58. The van der Waals surface area contributed by atoms with Crippen LogP contribution >= 0.6 is 0 Å². The Bertz CT molecular complexity index is 448. The smallest absolute Gasteiger partial charge is 0.274 e. The third-order valence-corrected chi connectivity index (χ3v) is 3.20. The molecule has 1 fully saturated rings. The van der Waals surface area contributed by atoms with Crippen LogP contribution in [-0.2, 0) is 11.3 Å². The van der Waals surface area contributed by atoms with Crippen LogP contribution in [0.5, 0.6) is 0 Å². The maximum absolute atomic E-state index is 13.1. The zero-order chi connectivity index (χ0) is 13.7. The minimum absolute atomic E-state index is 0.0570. The lowest BCUT2D eigenvalue weighted by Crippen LogP contribution is -2.31. The van der Waals surface area contributed by atoms with Crippen molar-refractivity contribution in [2.45, 2.75) is 31.9 Å². The van der Waals surface area contributed by atoms with Crippen LogP contribution < -0.4 is 5.32 Å². The lowest BCUT2D eigenvalue weighted by Gasteiger charge is -2.22. The molecule has 0 aromatic heterocycles. The van der Waals surface area contributed by atoms with E-state index >= 15 is 0 Å². The van der Waals surface area contributed by atoms with Gasteiger partial charge in [0.2, 0.25) is 0 Å². The summed E-state index contributed by atoms with van der Waals surface area (Å²) < 4.78 is 18.7. The van der Waals surface area contributed by atoms with Gasteiger partial charge in [0.05, 0.1) is 11.0 Å². The van der Waals surface area contributed by atoms with Gasteiger partial charge in [-0.2, -0.15) is 0 Å². The van der Waals surface area contributed by atoms with E-state index in [4.69, 9.17) is 4.74 Å². The molecule has 19 heavy (non-hydrogen) atoms. The van der Waals surface area contributed by atoms with E-state index in [1.165, 1.54) is 12.1 Å². The first-order valence-electron chi connectivity index (χ1n) is 6.42. The van der Waals surface area contributed by atoms with E-state index in [-0.39, 0.29) is 18.3 Å². The Morgan fingerprint density at radius 1 is 1.47 bits per heavy atom. The first-order valence-corrected chi connectivity index (χ1v) is 6.42. The summed E-state index contributed by atoms with van der Waals surface area (Å²) in [5.41, 5.74) is 0.305. The predicted molar refractivity (Wildman–Crippen MR) is 68.4 cm³/mol. The number of rotatable bonds is 5. The van der Waals surface area contributed by atoms with Crippen LogP contribution in [0.4, 0.5) is 10.1 Å². The van der Waals surface area contributed by atoms with Gasteiger partial charge in [0, 0.05) is 31.3 Å². The van der Waals surface area contributed by atoms with Crippen molar-refractivity contribution in [3.63, 3.8) is 0 Å². The molecule has 0 amide bonds. The average Bonchev–Trinajstić information content (AvgIpc) is 2.39. The Balaban J connectivity index is 1.91. The second-order valence-corrected chi connectivity index (χ2v) is 4.65. The van der Waals surface area contributed by atoms with Crippen molar-refractivity contribution in [2.24, 2.45) is 0 Å². The highest BCUT2D eigenvalue weighted by atomic mass is 19.1. The Morgan fingerprint density at radius 2 is 2.32 bits per heavy atom. The van der Waals surface area contributed by atoms with Crippen molar-refractivity contribution in [3.8, 4) is 0 Å². The number of hydrogen-bond acceptors (Lipinski definition) is 4. The Hall–Kier alpha value is -1.53. The molecule has 1 aromatic carbocycles. The monoisotopic (exact) mass is 268 g/mol. The summed E-state index contributed by atoms with van der Waals surface area (Å²) in [6.07, 6.45) is 3.39. The summed E-state index contributed by atoms with van der Waals surface area (Å²) in [6, 6.07) is 3.50. The molecule has 6 heteroatoms. The van der Waals surface area contributed by atoms with E-state index in [9.17, 15) is 14.5 Å². The van der Waals surface area contributed by atoms with E-state index in [2.05, 4.69) is 5.32 Å². The van der Waals surface area contributed by atoms with Gasteiger partial charge in [-0.25, -0.2) is 4.39 Å². The molecule has 104 valence electrons. The number of halogens is 1. The van der Waals surface area contributed by atoms with Crippen LogP contribution in [0.1, 0.15) is 24.8 Å². The van der Waals surface area contributed by atoms with Gasteiger partial charge in [-0.3, -0.25) is 10.1 Å². The number of nitrogens with one attached hydrogen (secondary N) is 1. The second-order valence-electron chi connectivity index (χ2n) is 4.65. The minimum atomic E-state index is -0.492. The normalized spacial score (nSPS) is 19.3. The maximum atomic E-state index is 13.1. The summed E-state index contributed by atoms with van der Waals surface area (Å²) in [6.45, 7) is 1.67. The molecule has 0 radical (unpaired) electrons. The molecule has 0 spiro atoms. The van der Waals surface area contributed by atoms with Crippen LogP contribution in [-0.4, -0.2) is 24.2 Å². The van der Waals surface area contributed by atoms with Crippen molar-refractivity contribution in [3.05, 3.63) is 39.7 Å². The van der Waals surface area contributed by atoms with Gasteiger partial charge in [0.25, 0.3) is 5.69 Å². The molecular weight excluding hydrogens is 251 g/mol. The number of benzene rings is 1. The highest BCUT2D eigenvalue weighted by Gasteiger charge is 2.16. The fourth-order valence-electron chi connectivity index (χ4n) is 2.21. The highest BCUT2D eigenvalue weighted by molar-refractivity contribution is 5.40. The summed E-state index contributed by atoms with van der Waals surface area (Å²) in [5, 5.41) is 13.9. The van der Waals surface area contributed by atoms with Gasteiger partial charge < -0.3 is 10.1 Å². The van der Waals surface area contributed by atoms with Gasteiger partial charge >= 0.3 is 0 Å². The van der Waals surface area contributed by atoms with Gasteiger partial charge in [0.15, 0.2) is 0 Å². The highest BCUT2D eigenvalue weighted by Crippen LogP contribution is 2.19. The van der Waals surface area contributed by atoms with Crippen LogP contribution in [0.2, 0.25) is 0 Å². The van der Waals surface area contributed by atoms with Gasteiger partial charge in [-0.1, -0.05) is 0 Å². The van der Waals surface area contributed by atoms with Crippen molar-refractivity contribution < 1.29 is 14.1 Å². The van der Waals surface area contributed by atoms with Crippen LogP contribution in [0.3, 0.4) is 0 Å². The van der Waals surface area contributed by atoms with Gasteiger partial charge in [0.1, 0.15) is 5.82 Å². The zero-order valence-electron chi connectivity index (χ0n) is 10.6. The number of nitrogens with zero attached hydrogens (tertiary/aromatic N) is 1. The standard InChI is InChI=1S/C13H17FN2O3/c14-11-4-5-13(16(17)18)10(7-11)8-15-9-12-3-1-2-6-19-12/h4-5,7,12,15H,1-3,6,8-9H2. The molecule has 1 unspecified atom stereocenters. The fraction of sp³-hybridized carbons (Fsp3) is 0.538. The molecule has 0 bridgehead atoms. The number of hydrogen-bond donors (Lipinski definition) is 1. The predicted octanol–water partition coefficient (Wildman–Crippen LogP) is 2.39. The summed E-state index contributed by atoms with van der Waals surface area (Å²) in [5.74, 6) is -0.462. The lowest BCUT2D eigenvalue weighted by atomic mass is 10.1. The Morgan fingerprint density at radius 3 is 3.00 bits per heavy atom. The van der Waals surface area contributed by atoms with Crippen molar-refractivity contribution in [1.29, 1.82) is 0 Å². The molecule has 1 atom stereocenters. The first-order chi connectivity index (χ1) is 9.16. The first kappa shape index (κ1) is 13.9. The van der Waals surface area contributed by atoms with E-state index in [1.54, 1.807) is 0 Å². The molecule has 1 aromatic rings.